The van der Waals surface area contributed by atoms with Crippen LogP contribution in [0.5, 0.6) is 0 Å². The van der Waals surface area contributed by atoms with Crippen molar-refractivity contribution in [1.29, 1.82) is 0 Å². The van der Waals surface area contributed by atoms with Gasteiger partial charge in [-0.2, -0.15) is 0 Å². The third-order valence-electron chi connectivity index (χ3n) is 3.14. The summed E-state index contributed by atoms with van der Waals surface area (Å²) in [5.74, 6) is -2.92. The van der Waals surface area contributed by atoms with E-state index >= 15 is 0 Å². The molecule has 0 aliphatic rings. The lowest BCUT2D eigenvalue weighted by molar-refractivity contribution is 0.0697. The van der Waals surface area contributed by atoms with Crippen LogP contribution in [-0.2, 0) is 0 Å². The Kier molecular flexibility index (Phi) is 5.60. The summed E-state index contributed by atoms with van der Waals surface area (Å²) < 4.78 is 29.4. The molecule has 0 atom stereocenters. The van der Waals surface area contributed by atoms with Crippen LogP contribution in [0.3, 0.4) is 0 Å². The quantitative estimate of drug-likeness (QED) is 0.304. The lowest BCUT2D eigenvalue weighted by Gasteiger charge is -2.17. The molecule has 5 nitrogen and oxygen atoms in total. The number of carbonyl (C=O) groups is 1. The molecule has 0 fully saturated rings. The first-order valence-corrected chi connectivity index (χ1v) is 7.85. The highest BCUT2D eigenvalue weighted by atomic mass is 127. The van der Waals surface area contributed by atoms with E-state index in [4.69, 9.17) is 5.73 Å². The summed E-state index contributed by atoms with van der Waals surface area (Å²) in [6.07, 6.45) is 1.50. The number of aromatic carboxylic acids is 1. The summed E-state index contributed by atoms with van der Waals surface area (Å²) >= 11 is 1.93. The zero-order valence-corrected chi connectivity index (χ0v) is 14.5. The number of benzene rings is 2. The van der Waals surface area contributed by atoms with Crippen molar-refractivity contribution in [3.8, 4) is 0 Å². The van der Waals surface area contributed by atoms with Gasteiger partial charge in [0.1, 0.15) is 5.82 Å². The van der Waals surface area contributed by atoms with E-state index in [0.29, 0.717) is 3.57 Å². The van der Waals surface area contributed by atoms with Crippen molar-refractivity contribution in [1.82, 2.24) is 0 Å². The van der Waals surface area contributed by atoms with E-state index in [2.05, 4.69) is 17.2 Å². The first-order chi connectivity index (χ1) is 11.3. The minimum Gasteiger partial charge on any atom is -0.478 e. The van der Waals surface area contributed by atoms with Crippen LogP contribution in [0.15, 0.2) is 36.9 Å². The SMILES string of the molecule is C=CCNc1c(N)cc(C(=O)O)c(Nc2ccc(I)cc2F)c1F. The summed E-state index contributed by atoms with van der Waals surface area (Å²) in [4.78, 5) is 11.4. The molecule has 0 aliphatic heterocycles. The van der Waals surface area contributed by atoms with Crippen LogP contribution in [0.25, 0.3) is 0 Å². The topological polar surface area (TPSA) is 87.4 Å². The molecule has 0 aromatic heterocycles. The Hall–Kier alpha value is -2.36. The first-order valence-electron chi connectivity index (χ1n) is 6.77. The number of hydrogen-bond donors (Lipinski definition) is 4. The molecule has 24 heavy (non-hydrogen) atoms. The molecule has 2 aromatic rings. The number of carboxylic acid groups (broad SMARTS) is 1. The molecular formula is C16H14F2IN3O2. The number of nitrogens with two attached hydrogens (primary N) is 1. The highest BCUT2D eigenvalue weighted by Crippen LogP contribution is 2.35. The highest BCUT2D eigenvalue weighted by Gasteiger charge is 2.22. The number of hydrogen-bond acceptors (Lipinski definition) is 4. The third kappa shape index (κ3) is 3.75. The molecule has 2 rings (SSSR count). The number of halogens is 3. The Morgan fingerprint density at radius 2 is 2.04 bits per heavy atom. The molecule has 0 spiro atoms. The van der Waals surface area contributed by atoms with Gasteiger partial charge in [-0.3, -0.25) is 0 Å². The summed E-state index contributed by atoms with van der Waals surface area (Å²) in [6.45, 7) is 3.73. The normalized spacial score (nSPS) is 10.3. The Morgan fingerprint density at radius 1 is 1.33 bits per heavy atom. The maximum absolute atomic E-state index is 14.7. The van der Waals surface area contributed by atoms with Gasteiger partial charge < -0.3 is 21.5 Å². The molecule has 0 saturated carbocycles. The molecule has 2 aromatic carbocycles. The molecule has 8 heteroatoms. The van der Waals surface area contributed by atoms with Gasteiger partial charge in [-0.25, -0.2) is 13.6 Å². The number of rotatable bonds is 6. The zero-order valence-electron chi connectivity index (χ0n) is 12.4. The monoisotopic (exact) mass is 445 g/mol. The molecule has 0 saturated heterocycles. The Morgan fingerprint density at radius 3 is 2.62 bits per heavy atom. The fourth-order valence-electron chi connectivity index (χ4n) is 2.04. The Labute approximate surface area is 150 Å². The minimum atomic E-state index is -1.38. The van der Waals surface area contributed by atoms with Crippen molar-refractivity contribution in [3.63, 3.8) is 0 Å². The average molecular weight is 445 g/mol. The van der Waals surface area contributed by atoms with Crippen LogP contribution in [0, 0.1) is 15.2 Å². The van der Waals surface area contributed by atoms with Crippen molar-refractivity contribution in [3.05, 3.63) is 57.7 Å². The van der Waals surface area contributed by atoms with Crippen LogP contribution >= 0.6 is 22.6 Å². The van der Waals surface area contributed by atoms with Gasteiger partial charge in [0, 0.05) is 10.1 Å². The smallest absolute Gasteiger partial charge is 0.338 e. The molecule has 5 N–H and O–H groups in total. The number of nitrogens with one attached hydrogen (secondary N) is 2. The molecule has 126 valence electrons. The second-order valence-corrected chi connectivity index (χ2v) is 6.05. The van der Waals surface area contributed by atoms with Crippen LogP contribution in [0.1, 0.15) is 10.4 Å². The van der Waals surface area contributed by atoms with Crippen LogP contribution in [0.2, 0.25) is 0 Å². The predicted octanol–water partition coefficient (Wildman–Crippen LogP) is 4.19. The van der Waals surface area contributed by atoms with Gasteiger partial charge in [0.25, 0.3) is 0 Å². The maximum atomic E-state index is 14.7. The van der Waals surface area contributed by atoms with E-state index in [9.17, 15) is 18.7 Å². The molecular weight excluding hydrogens is 431 g/mol. The molecule has 0 heterocycles. The largest absolute Gasteiger partial charge is 0.478 e. The molecule has 0 unspecified atom stereocenters. The van der Waals surface area contributed by atoms with Gasteiger partial charge in [-0.15, -0.1) is 6.58 Å². The summed E-state index contributed by atoms with van der Waals surface area (Å²) in [5.41, 5.74) is 4.75. The molecule has 0 aliphatic carbocycles. The van der Waals surface area contributed by atoms with Crippen molar-refractivity contribution in [2.45, 2.75) is 0 Å². The fourth-order valence-corrected chi connectivity index (χ4v) is 2.49. The minimum absolute atomic E-state index is 0.0451. The molecule has 0 bridgehead atoms. The van der Waals surface area contributed by atoms with Gasteiger partial charge in [0.15, 0.2) is 5.82 Å². The lowest BCUT2D eigenvalue weighted by Crippen LogP contribution is -2.12. The number of nitrogen functional groups attached to an aromatic ring is 1. The highest BCUT2D eigenvalue weighted by molar-refractivity contribution is 14.1. The van der Waals surface area contributed by atoms with Crippen molar-refractivity contribution < 1.29 is 18.7 Å². The Bertz CT molecular complexity index is 812. The average Bonchev–Trinajstić information content (AvgIpc) is 2.51. The number of anilines is 4. The van der Waals surface area contributed by atoms with Crippen molar-refractivity contribution in [2.24, 2.45) is 0 Å². The predicted molar refractivity (Wildman–Crippen MR) is 98.9 cm³/mol. The summed E-state index contributed by atoms with van der Waals surface area (Å²) in [7, 11) is 0. The van der Waals surface area contributed by atoms with Gasteiger partial charge in [-0.05, 0) is 46.9 Å². The van der Waals surface area contributed by atoms with E-state index in [1.165, 1.54) is 18.2 Å². The van der Waals surface area contributed by atoms with Crippen molar-refractivity contribution in [2.75, 3.05) is 22.9 Å². The molecule has 0 radical (unpaired) electrons. The fraction of sp³-hybridized carbons (Fsp3) is 0.0625. The number of carboxylic acids is 1. The van der Waals surface area contributed by atoms with E-state index in [-0.39, 0.29) is 29.3 Å². The third-order valence-corrected chi connectivity index (χ3v) is 3.81. The van der Waals surface area contributed by atoms with Crippen LogP contribution in [0.4, 0.5) is 31.5 Å². The second kappa shape index (κ2) is 7.47. The lowest BCUT2D eigenvalue weighted by atomic mass is 10.1. The van der Waals surface area contributed by atoms with Crippen molar-refractivity contribution >= 4 is 51.3 Å². The zero-order chi connectivity index (χ0) is 17.9. The maximum Gasteiger partial charge on any atom is 0.338 e. The van der Waals surface area contributed by atoms with E-state index in [1.54, 1.807) is 6.07 Å². The van der Waals surface area contributed by atoms with Gasteiger partial charge in [0.05, 0.1) is 28.3 Å². The molecule has 0 amide bonds. The first kappa shape index (κ1) is 18.0. The van der Waals surface area contributed by atoms with E-state index < -0.39 is 23.2 Å². The van der Waals surface area contributed by atoms with Gasteiger partial charge in [0.2, 0.25) is 0 Å². The second-order valence-electron chi connectivity index (χ2n) is 4.80. The van der Waals surface area contributed by atoms with E-state index in [0.717, 1.165) is 6.07 Å². The van der Waals surface area contributed by atoms with Crippen LogP contribution in [-0.4, -0.2) is 17.6 Å². The summed E-state index contributed by atoms with van der Waals surface area (Å²) in [5, 5.41) is 14.5. The standard InChI is InChI=1S/C16H14F2IN3O2/c1-2-5-21-15-11(20)7-9(16(23)24)14(13(15)18)22-12-4-3-8(19)6-10(12)17/h2-4,6-7,21-22H,1,5,20H2,(H,23,24). The Balaban J connectivity index is 2.56. The van der Waals surface area contributed by atoms with Gasteiger partial charge in [-0.1, -0.05) is 6.08 Å². The van der Waals surface area contributed by atoms with Crippen LogP contribution < -0.4 is 16.4 Å². The van der Waals surface area contributed by atoms with E-state index in [1.807, 2.05) is 22.6 Å². The summed E-state index contributed by atoms with van der Waals surface area (Å²) in [6, 6.07) is 5.37. The van der Waals surface area contributed by atoms with Gasteiger partial charge >= 0.3 is 5.97 Å².